The molecule has 4 fully saturated rings. The molecule has 0 radical (unpaired) electrons. The normalized spacial score (nSPS) is 51.9. The molecule has 1 aliphatic heterocycles. The summed E-state index contributed by atoms with van der Waals surface area (Å²) in [6, 6.07) is 0. The zero-order chi connectivity index (χ0) is 19.0. The van der Waals surface area contributed by atoms with Gasteiger partial charge in [-0.3, -0.25) is 4.79 Å². The molecule has 27 heavy (non-hydrogen) atoms. The van der Waals surface area contributed by atoms with Gasteiger partial charge in [0, 0.05) is 24.3 Å². The zero-order valence-electron chi connectivity index (χ0n) is 16.6. The molecular formula is C23H32O4. The van der Waals surface area contributed by atoms with Crippen LogP contribution in [0.2, 0.25) is 0 Å². The van der Waals surface area contributed by atoms with E-state index < -0.39 is 5.60 Å². The van der Waals surface area contributed by atoms with E-state index in [0.29, 0.717) is 30.1 Å². The molecular weight excluding hydrogens is 340 g/mol. The first-order valence-corrected chi connectivity index (χ1v) is 10.9. The molecule has 0 bridgehead atoms. The van der Waals surface area contributed by atoms with Gasteiger partial charge in [-0.15, -0.1) is 0 Å². The third kappa shape index (κ3) is 2.25. The van der Waals surface area contributed by atoms with E-state index in [1.165, 1.54) is 0 Å². The minimum atomic E-state index is -0.650. The molecule has 0 aromatic heterocycles. The van der Waals surface area contributed by atoms with Gasteiger partial charge in [0.25, 0.3) is 0 Å². The van der Waals surface area contributed by atoms with Gasteiger partial charge in [0.1, 0.15) is 12.4 Å². The highest BCUT2D eigenvalue weighted by molar-refractivity contribution is 5.85. The van der Waals surface area contributed by atoms with Crippen LogP contribution in [0.1, 0.15) is 71.6 Å². The van der Waals surface area contributed by atoms with Gasteiger partial charge in [-0.05, 0) is 79.6 Å². The van der Waals surface area contributed by atoms with Crippen molar-refractivity contribution in [2.24, 2.45) is 34.5 Å². The molecule has 0 saturated heterocycles. The first-order valence-electron chi connectivity index (χ1n) is 10.9. The van der Waals surface area contributed by atoms with Crippen LogP contribution < -0.4 is 0 Å². The van der Waals surface area contributed by atoms with Gasteiger partial charge in [0.15, 0.2) is 0 Å². The fourth-order valence-corrected chi connectivity index (χ4v) is 8.20. The second-order valence-corrected chi connectivity index (χ2v) is 10.5. The molecule has 0 unspecified atom stereocenters. The van der Waals surface area contributed by atoms with Crippen molar-refractivity contribution >= 4 is 11.8 Å². The monoisotopic (exact) mass is 372 g/mol. The molecule has 0 aromatic rings. The Hall–Kier alpha value is -1.16. The van der Waals surface area contributed by atoms with E-state index in [4.69, 9.17) is 4.74 Å². The Balaban J connectivity index is 1.48. The highest BCUT2D eigenvalue weighted by atomic mass is 16.5. The van der Waals surface area contributed by atoms with Crippen molar-refractivity contribution in [3.63, 3.8) is 0 Å². The summed E-state index contributed by atoms with van der Waals surface area (Å²) in [4.78, 5) is 23.7. The molecule has 1 N–H and O–H groups in total. The molecule has 0 aromatic carbocycles. The van der Waals surface area contributed by atoms with Crippen molar-refractivity contribution in [1.29, 1.82) is 0 Å². The summed E-state index contributed by atoms with van der Waals surface area (Å²) in [5.41, 5.74) is 0.488. The number of Topliss-reactive ketones (excluding diaryl/α,β-unsaturated/α-hetero) is 1. The Bertz CT molecular complexity index is 726. The van der Waals surface area contributed by atoms with Crippen LogP contribution in [0.25, 0.3) is 0 Å². The van der Waals surface area contributed by atoms with Gasteiger partial charge >= 0.3 is 5.97 Å². The smallest absolute Gasteiger partial charge is 0.331 e. The SMILES string of the molecule is C[C@@]12CCC(=O)C[C@@H]1CC[C@H]1[C@@H]2CC[C@]2(C)[C@H](C3=CC(=O)OC3)CC[C@]12O. The van der Waals surface area contributed by atoms with Gasteiger partial charge in [-0.25, -0.2) is 4.79 Å². The molecule has 0 spiro atoms. The average molecular weight is 373 g/mol. The van der Waals surface area contributed by atoms with E-state index in [9.17, 15) is 14.7 Å². The van der Waals surface area contributed by atoms with E-state index in [-0.39, 0.29) is 22.7 Å². The molecule has 5 aliphatic rings. The first kappa shape index (κ1) is 17.9. The van der Waals surface area contributed by atoms with Crippen LogP contribution >= 0.6 is 0 Å². The van der Waals surface area contributed by atoms with E-state index in [0.717, 1.165) is 63.4 Å². The number of rotatable bonds is 1. The number of aliphatic hydroxyl groups is 1. The quantitative estimate of drug-likeness (QED) is 0.711. The Kier molecular flexibility index (Phi) is 3.77. The summed E-state index contributed by atoms with van der Waals surface area (Å²) < 4.78 is 5.19. The highest BCUT2D eigenvalue weighted by Crippen LogP contribution is 2.69. The standard InChI is InChI=1S/C23H32O4/c1-21-8-5-16(24)12-15(21)3-4-19-18(21)6-9-22(2)17(7-10-23(19,22)26)14-11-20(25)27-13-14/h11,15,17-19,26H,3-10,12-13H2,1-2H3/t15-,17-,18-,19-,21+,22+,23-/m0/s1. The Morgan fingerprint density at radius 1 is 1.04 bits per heavy atom. The lowest BCUT2D eigenvalue weighted by Gasteiger charge is -2.63. The fourth-order valence-electron chi connectivity index (χ4n) is 8.20. The predicted octanol–water partition coefficient (Wildman–Crippen LogP) is 3.81. The third-order valence-electron chi connectivity index (χ3n) is 9.80. The molecule has 148 valence electrons. The molecule has 4 heteroatoms. The van der Waals surface area contributed by atoms with Crippen molar-refractivity contribution < 1.29 is 19.4 Å². The molecule has 5 rings (SSSR count). The molecule has 1 heterocycles. The number of esters is 1. The maximum atomic E-state index is 12.1. The summed E-state index contributed by atoms with van der Waals surface area (Å²) in [6.07, 6.45) is 10.2. The first-order chi connectivity index (χ1) is 12.8. The minimum absolute atomic E-state index is 0.165. The number of cyclic esters (lactones) is 1. The van der Waals surface area contributed by atoms with Crippen molar-refractivity contribution in [3.8, 4) is 0 Å². The Morgan fingerprint density at radius 3 is 2.59 bits per heavy atom. The second kappa shape index (κ2) is 5.68. The fraction of sp³-hybridized carbons (Fsp3) is 0.826. The van der Waals surface area contributed by atoms with Gasteiger partial charge in [0.05, 0.1) is 5.60 Å². The summed E-state index contributed by atoms with van der Waals surface area (Å²) in [5.74, 6) is 1.83. The van der Waals surface area contributed by atoms with Crippen molar-refractivity contribution in [3.05, 3.63) is 11.6 Å². The topological polar surface area (TPSA) is 63.6 Å². The Labute approximate surface area is 161 Å². The van der Waals surface area contributed by atoms with Crippen LogP contribution in [0, 0.1) is 34.5 Å². The summed E-state index contributed by atoms with van der Waals surface area (Å²) in [5, 5.41) is 12.1. The Morgan fingerprint density at radius 2 is 1.85 bits per heavy atom. The van der Waals surface area contributed by atoms with Crippen molar-refractivity contribution in [2.75, 3.05) is 6.61 Å². The van der Waals surface area contributed by atoms with Gasteiger partial charge in [-0.1, -0.05) is 13.8 Å². The third-order valence-corrected chi connectivity index (χ3v) is 9.80. The maximum absolute atomic E-state index is 12.1. The predicted molar refractivity (Wildman–Crippen MR) is 101 cm³/mol. The molecule has 4 aliphatic carbocycles. The average Bonchev–Trinajstić information content (AvgIpc) is 3.16. The maximum Gasteiger partial charge on any atom is 0.331 e. The number of carbonyl (C=O) groups excluding carboxylic acids is 2. The highest BCUT2D eigenvalue weighted by Gasteiger charge is 2.67. The summed E-state index contributed by atoms with van der Waals surface area (Å²) in [6.45, 7) is 5.08. The van der Waals surface area contributed by atoms with Crippen LogP contribution in [-0.4, -0.2) is 29.1 Å². The number of hydrogen-bond donors (Lipinski definition) is 1. The minimum Gasteiger partial charge on any atom is -0.458 e. The van der Waals surface area contributed by atoms with Gasteiger partial charge in [0.2, 0.25) is 0 Å². The van der Waals surface area contributed by atoms with Crippen LogP contribution in [0.3, 0.4) is 0 Å². The number of fused-ring (bicyclic) bond motifs is 5. The lowest BCUT2D eigenvalue weighted by atomic mass is 9.43. The summed E-state index contributed by atoms with van der Waals surface area (Å²) in [7, 11) is 0. The van der Waals surface area contributed by atoms with Crippen LogP contribution in [0.4, 0.5) is 0 Å². The largest absolute Gasteiger partial charge is 0.458 e. The number of hydrogen-bond acceptors (Lipinski definition) is 4. The lowest BCUT2D eigenvalue weighted by molar-refractivity contribution is -0.203. The number of ether oxygens (including phenoxy) is 1. The molecule has 0 amide bonds. The number of carbonyl (C=O) groups is 2. The van der Waals surface area contributed by atoms with Crippen molar-refractivity contribution in [2.45, 2.75) is 77.2 Å². The van der Waals surface area contributed by atoms with Gasteiger partial charge in [-0.2, -0.15) is 0 Å². The van der Waals surface area contributed by atoms with E-state index in [2.05, 4.69) is 13.8 Å². The lowest BCUT2D eigenvalue weighted by Crippen LogP contribution is -2.62. The molecule has 7 atom stereocenters. The van der Waals surface area contributed by atoms with Crippen LogP contribution in [-0.2, 0) is 14.3 Å². The van der Waals surface area contributed by atoms with Gasteiger partial charge < -0.3 is 9.84 Å². The van der Waals surface area contributed by atoms with Crippen LogP contribution in [0.15, 0.2) is 11.6 Å². The van der Waals surface area contributed by atoms with E-state index >= 15 is 0 Å². The van der Waals surface area contributed by atoms with Crippen molar-refractivity contribution in [1.82, 2.24) is 0 Å². The molecule has 4 nitrogen and oxygen atoms in total. The van der Waals surface area contributed by atoms with Crippen LogP contribution in [0.5, 0.6) is 0 Å². The van der Waals surface area contributed by atoms with E-state index in [1.807, 2.05) is 0 Å². The zero-order valence-corrected chi connectivity index (χ0v) is 16.6. The number of ketones is 1. The van der Waals surface area contributed by atoms with E-state index in [1.54, 1.807) is 6.08 Å². The second-order valence-electron chi connectivity index (χ2n) is 10.5. The molecule has 4 saturated carbocycles. The summed E-state index contributed by atoms with van der Waals surface area (Å²) >= 11 is 0.